The molecule has 0 atom stereocenters. The van der Waals surface area contributed by atoms with E-state index in [0.717, 1.165) is 0 Å². The van der Waals surface area contributed by atoms with Crippen LogP contribution in [0.3, 0.4) is 0 Å². The summed E-state index contributed by atoms with van der Waals surface area (Å²) in [7, 11) is 0. The monoisotopic (exact) mass is 244 g/mol. The normalized spacial score (nSPS) is 10.7. The van der Waals surface area contributed by atoms with E-state index in [1.807, 2.05) is 0 Å². The van der Waals surface area contributed by atoms with E-state index in [9.17, 15) is 5.11 Å². The highest BCUT2D eigenvalue weighted by Crippen LogP contribution is 2.22. The largest absolute Gasteiger partial charge is 0.508 e. The average molecular weight is 244 g/mol. The summed E-state index contributed by atoms with van der Waals surface area (Å²) in [5.74, 6) is 1.05. The zero-order valence-electron chi connectivity index (χ0n) is 9.03. The van der Waals surface area contributed by atoms with Gasteiger partial charge in [-0.1, -0.05) is 17.3 Å². The Balaban J connectivity index is 1.99. The molecule has 2 heterocycles. The molecule has 4 N–H and O–H groups in total. The number of phenolic OH excluding ortho intramolecular Hbond substituents is 1. The Morgan fingerprint density at radius 2 is 2.17 bits per heavy atom. The Morgan fingerprint density at radius 3 is 2.89 bits per heavy atom. The van der Waals surface area contributed by atoms with Gasteiger partial charge in [0.05, 0.1) is 0 Å². The molecule has 0 saturated carbocycles. The summed E-state index contributed by atoms with van der Waals surface area (Å²) in [4.78, 5) is 8.00. The SMILES string of the molecule is Nc1n[nH]c(-c2nc(-c3cccc(O)c3)no2)n1. The van der Waals surface area contributed by atoms with Crippen molar-refractivity contribution in [3.63, 3.8) is 0 Å². The highest BCUT2D eigenvalue weighted by Gasteiger charge is 2.13. The first kappa shape index (κ1) is 10.3. The van der Waals surface area contributed by atoms with Gasteiger partial charge in [0.2, 0.25) is 17.6 Å². The number of nitrogen functional groups attached to an aromatic ring is 1. The van der Waals surface area contributed by atoms with Gasteiger partial charge in [0, 0.05) is 5.56 Å². The lowest BCUT2D eigenvalue weighted by Crippen LogP contribution is -1.85. The first-order valence-electron chi connectivity index (χ1n) is 5.04. The highest BCUT2D eigenvalue weighted by atomic mass is 16.5. The lowest BCUT2D eigenvalue weighted by atomic mass is 10.2. The fourth-order valence-electron chi connectivity index (χ4n) is 1.45. The topological polar surface area (TPSA) is 127 Å². The van der Waals surface area contributed by atoms with Crippen LogP contribution >= 0.6 is 0 Å². The Bertz CT molecular complexity index is 689. The third-order valence-corrected chi connectivity index (χ3v) is 2.24. The summed E-state index contributed by atoms with van der Waals surface area (Å²) < 4.78 is 5.03. The van der Waals surface area contributed by atoms with Crippen LogP contribution in [0.1, 0.15) is 0 Å². The predicted molar refractivity (Wildman–Crippen MR) is 61.2 cm³/mol. The Kier molecular flexibility index (Phi) is 2.19. The van der Waals surface area contributed by atoms with Gasteiger partial charge >= 0.3 is 0 Å². The molecule has 0 bridgehead atoms. The van der Waals surface area contributed by atoms with Gasteiger partial charge in [0.25, 0.3) is 5.89 Å². The van der Waals surface area contributed by atoms with Crippen molar-refractivity contribution in [2.75, 3.05) is 5.73 Å². The zero-order valence-corrected chi connectivity index (χ0v) is 9.03. The molecule has 0 fully saturated rings. The fraction of sp³-hybridized carbons (Fsp3) is 0. The van der Waals surface area contributed by atoms with Crippen LogP contribution < -0.4 is 5.73 Å². The molecule has 0 amide bonds. The Morgan fingerprint density at radius 1 is 1.28 bits per heavy atom. The zero-order chi connectivity index (χ0) is 12.5. The molecule has 0 aliphatic rings. The van der Waals surface area contributed by atoms with Crippen LogP contribution in [0.15, 0.2) is 28.8 Å². The summed E-state index contributed by atoms with van der Waals surface area (Å²) >= 11 is 0. The predicted octanol–water partition coefficient (Wildman–Crippen LogP) is 0.809. The molecule has 2 aromatic heterocycles. The lowest BCUT2D eigenvalue weighted by molar-refractivity contribution is 0.429. The van der Waals surface area contributed by atoms with Crippen LogP contribution in [0, 0.1) is 0 Å². The minimum Gasteiger partial charge on any atom is -0.508 e. The molecule has 0 aliphatic carbocycles. The molecule has 0 aliphatic heterocycles. The number of aromatic hydroxyl groups is 1. The number of aromatic amines is 1. The van der Waals surface area contributed by atoms with Crippen LogP contribution in [0.5, 0.6) is 5.75 Å². The molecule has 90 valence electrons. The van der Waals surface area contributed by atoms with Crippen LogP contribution in [0.25, 0.3) is 23.1 Å². The molecule has 18 heavy (non-hydrogen) atoms. The van der Waals surface area contributed by atoms with Gasteiger partial charge in [-0.05, 0) is 12.1 Å². The minimum atomic E-state index is 0.0992. The van der Waals surface area contributed by atoms with Crippen LogP contribution in [-0.4, -0.2) is 30.4 Å². The van der Waals surface area contributed by atoms with Gasteiger partial charge in [-0.2, -0.15) is 9.97 Å². The number of benzene rings is 1. The van der Waals surface area contributed by atoms with Crippen molar-refractivity contribution in [3.8, 4) is 28.9 Å². The van der Waals surface area contributed by atoms with Gasteiger partial charge in [-0.15, -0.1) is 5.10 Å². The van der Waals surface area contributed by atoms with E-state index in [-0.39, 0.29) is 17.6 Å². The summed E-state index contributed by atoms with van der Waals surface area (Å²) in [6, 6.07) is 6.53. The Hall–Kier alpha value is -2.90. The quantitative estimate of drug-likeness (QED) is 0.608. The maximum absolute atomic E-state index is 9.37. The first-order valence-corrected chi connectivity index (χ1v) is 5.04. The highest BCUT2D eigenvalue weighted by molar-refractivity contribution is 5.58. The molecular weight excluding hydrogens is 236 g/mol. The molecule has 8 heteroatoms. The third-order valence-electron chi connectivity index (χ3n) is 2.24. The lowest BCUT2D eigenvalue weighted by Gasteiger charge is -1.94. The number of nitrogens with zero attached hydrogens (tertiary/aromatic N) is 4. The van der Waals surface area contributed by atoms with E-state index in [1.54, 1.807) is 18.2 Å². The summed E-state index contributed by atoms with van der Waals surface area (Å²) in [5.41, 5.74) is 6.01. The molecule has 3 aromatic rings. The van der Waals surface area contributed by atoms with Crippen molar-refractivity contribution in [2.45, 2.75) is 0 Å². The molecular formula is C10H8N6O2. The second-order valence-electron chi connectivity index (χ2n) is 3.52. The van der Waals surface area contributed by atoms with Gasteiger partial charge in [-0.25, -0.2) is 0 Å². The average Bonchev–Trinajstić information content (AvgIpc) is 2.97. The van der Waals surface area contributed by atoms with E-state index in [1.165, 1.54) is 6.07 Å². The summed E-state index contributed by atoms with van der Waals surface area (Å²) in [6.45, 7) is 0. The van der Waals surface area contributed by atoms with Gasteiger partial charge in [-0.3, -0.25) is 5.10 Å². The maximum Gasteiger partial charge on any atom is 0.295 e. The third kappa shape index (κ3) is 1.75. The van der Waals surface area contributed by atoms with Crippen molar-refractivity contribution in [1.29, 1.82) is 0 Å². The smallest absolute Gasteiger partial charge is 0.295 e. The number of hydrogen-bond donors (Lipinski definition) is 3. The molecule has 1 aromatic carbocycles. The van der Waals surface area contributed by atoms with Gasteiger partial charge in [0.15, 0.2) is 0 Å². The van der Waals surface area contributed by atoms with Crippen LogP contribution in [0.4, 0.5) is 5.95 Å². The van der Waals surface area contributed by atoms with E-state index < -0.39 is 0 Å². The number of phenols is 1. The summed E-state index contributed by atoms with van der Waals surface area (Å²) in [6.07, 6.45) is 0. The number of hydrogen-bond acceptors (Lipinski definition) is 7. The van der Waals surface area contributed by atoms with Crippen molar-refractivity contribution < 1.29 is 9.63 Å². The van der Waals surface area contributed by atoms with Crippen molar-refractivity contribution in [3.05, 3.63) is 24.3 Å². The summed E-state index contributed by atoms with van der Waals surface area (Å²) in [5, 5.41) is 19.4. The van der Waals surface area contributed by atoms with E-state index in [0.29, 0.717) is 17.2 Å². The van der Waals surface area contributed by atoms with E-state index >= 15 is 0 Å². The molecule has 0 spiro atoms. The number of rotatable bonds is 2. The number of aromatic nitrogens is 5. The number of nitrogens with one attached hydrogen (secondary N) is 1. The second-order valence-corrected chi connectivity index (χ2v) is 3.52. The second kappa shape index (κ2) is 3.84. The molecule has 3 rings (SSSR count). The van der Waals surface area contributed by atoms with Gasteiger partial charge in [0.1, 0.15) is 5.75 Å². The van der Waals surface area contributed by atoms with E-state index in [4.69, 9.17) is 10.3 Å². The molecule has 0 radical (unpaired) electrons. The fourth-order valence-corrected chi connectivity index (χ4v) is 1.45. The van der Waals surface area contributed by atoms with Crippen LogP contribution in [0.2, 0.25) is 0 Å². The van der Waals surface area contributed by atoms with E-state index in [2.05, 4.69) is 25.3 Å². The molecule has 0 unspecified atom stereocenters. The van der Waals surface area contributed by atoms with Crippen molar-refractivity contribution >= 4 is 5.95 Å². The number of nitrogens with two attached hydrogens (primary N) is 1. The van der Waals surface area contributed by atoms with Gasteiger partial charge < -0.3 is 15.4 Å². The van der Waals surface area contributed by atoms with Crippen molar-refractivity contribution in [2.24, 2.45) is 0 Å². The molecule has 8 nitrogen and oxygen atoms in total. The minimum absolute atomic E-state index is 0.0992. The maximum atomic E-state index is 9.37. The first-order chi connectivity index (χ1) is 8.72. The van der Waals surface area contributed by atoms with Crippen LogP contribution in [-0.2, 0) is 0 Å². The standard InChI is InChI=1S/C10H8N6O2/c11-10-13-8(14-15-10)9-12-7(16-18-9)5-2-1-3-6(17)4-5/h1-4,17H,(H3,11,13,14,15). The Labute approximate surface area is 100 Å². The number of anilines is 1. The van der Waals surface area contributed by atoms with Crippen molar-refractivity contribution in [1.82, 2.24) is 25.3 Å². The molecule has 0 saturated heterocycles. The number of H-pyrrole nitrogens is 1.